The molecule has 0 spiro atoms. The molecule has 1 atom stereocenters. The first kappa shape index (κ1) is 12.6. The van der Waals surface area contributed by atoms with Crippen LogP contribution in [0.2, 0.25) is 0 Å². The highest BCUT2D eigenvalue weighted by Gasteiger charge is 2.15. The molecule has 0 fully saturated rings. The minimum atomic E-state index is 0.124. The normalized spacial score (nSPS) is 14.0. The summed E-state index contributed by atoms with van der Waals surface area (Å²) in [6, 6.07) is 6.63. The Morgan fingerprint density at radius 3 is 2.27 bits per heavy atom. The molecule has 0 saturated carbocycles. The molecular formula is C13H21NS. The molecule has 0 aliphatic heterocycles. The van der Waals surface area contributed by atoms with Crippen LogP contribution in [-0.4, -0.2) is 7.05 Å². The van der Waals surface area contributed by atoms with E-state index in [0.717, 1.165) is 0 Å². The number of hydrogen-bond acceptors (Lipinski definition) is 2. The van der Waals surface area contributed by atoms with Gasteiger partial charge in [-0.3, -0.25) is 0 Å². The van der Waals surface area contributed by atoms with Gasteiger partial charge >= 0.3 is 0 Å². The second kappa shape index (κ2) is 4.58. The molecule has 15 heavy (non-hydrogen) atoms. The molecule has 0 aromatic heterocycles. The van der Waals surface area contributed by atoms with Gasteiger partial charge in [-0.15, -0.1) is 0 Å². The van der Waals surface area contributed by atoms with Crippen LogP contribution in [0, 0.1) is 6.92 Å². The van der Waals surface area contributed by atoms with Crippen molar-refractivity contribution in [2.45, 2.75) is 38.5 Å². The average molecular weight is 223 g/mol. The lowest BCUT2D eigenvalue weighted by molar-refractivity contribution is 0.589. The number of nitrogens with one attached hydrogen (secondary N) is 1. The smallest absolute Gasteiger partial charge is 0.0759 e. The van der Waals surface area contributed by atoms with Gasteiger partial charge in [0.15, 0.2) is 0 Å². The second-order valence-electron chi connectivity index (χ2n) is 5.01. The van der Waals surface area contributed by atoms with Gasteiger partial charge in [0.1, 0.15) is 0 Å². The minimum absolute atomic E-state index is 0.124. The molecule has 0 aliphatic carbocycles. The van der Waals surface area contributed by atoms with Crippen molar-refractivity contribution in [2.75, 3.05) is 7.05 Å². The summed E-state index contributed by atoms with van der Waals surface area (Å²) < 4.78 is 0. The average Bonchev–Trinajstić information content (AvgIpc) is 2.15. The molecule has 1 nitrogen and oxygen atoms in total. The predicted octanol–water partition coefficient (Wildman–Crippen LogP) is 3.44. The first-order chi connectivity index (χ1) is 6.86. The standard InChI is InChI=1S/C13H21NS/c1-9-8-10(13(2,3)4)6-7-11(9)12(15)14-5/h6-8,12,14-15H,1-5H3. The third-order valence-corrected chi connectivity index (χ3v) is 3.24. The van der Waals surface area contributed by atoms with E-state index in [2.05, 4.69) is 63.8 Å². The number of aryl methyl sites for hydroxylation is 1. The Bertz CT molecular complexity index is 339. The van der Waals surface area contributed by atoms with Crippen molar-refractivity contribution >= 4 is 12.6 Å². The molecule has 1 unspecified atom stereocenters. The molecule has 1 N–H and O–H groups in total. The molecule has 84 valence electrons. The van der Waals surface area contributed by atoms with Crippen molar-refractivity contribution in [2.24, 2.45) is 0 Å². The van der Waals surface area contributed by atoms with Crippen LogP contribution in [0.25, 0.3) is 0 Å². The molecule has 0 amide bonds. The highest BCUT2D eigenvalue weighted by Crippen LogP contribution is 2.27. The van der Waals surface area contributed by atoms with Crippen LogP contribution in [0.3, 0.4) is 0 Å². The van der Waals surface area contributed by atoms with Crippen LogP contribution in [0.5, 0.6) is 0 Å². The van der Waals surface area contributed by atoms with Gasteiger partial charge in [-0.05, 0) is 36.1 Å². The number of hydrogen-bond donors (Lipinski definition) is 2. The van der Waals surface area contributed by atoms with Gasteiger partial charge in [0.05, 0.1) is 5.37 Å². The second-order valence-corrected chi connectivity index (χ2v) is 5.53. The largest absolute Gasteiger partial charge is 0.305 e. The van der Waals surface area contributed by atoms with E-state index in [4.69, 9.17) is 0 Å². The Morgan fingerprint density at radius 1 is 1.27 bits per heavy atom. The van der Waals surface area contributed by atoms with Crippen molar-refractivity contribution < 1.29 is 0 Å². The van der Waals surface area contributed by atoms with Gasteiger partial charge in [-0.2, -0.15) is 12.6 Å². The molecule has 0 heterocycles. The molecule has 1 rings (SSSR count). The van der Waals surface area contributed by atoms with Crippen molar-refractivity contribution in [1.82, 2.24) is 5.32 Å². The van der Waals surface area contributed by atoms with Crippen LogP contribution in [0.1, 0.15) is 42.8 Å². The van der Waals surface area contributed by atoms with E-state index >= 15 is 0 Å². The van der Waals surface area contributed by atoms with Gasteiger partial charge in [0.25, 0.3) is 0 Å². The maximum Gasteiger partial charge on any atom is 0.0759 e. The summed E-state index contributed by atoms with van der Waals surface area (Å²) in [5.74, 6) is 0. The molecule has 0 aliphatic rings. The van der Waals surface area contributed by atoms with Crippen molar-refractivity contribution in [3.05, 3.63) is 34.9 Å². The summed E-state index contributed by atoms with van der Waals surface area (Å²) in [6.45, 7) is 8.85. The molecule has 0 saturated heterocycles. The van der Waals surface area contributed by atoms with Crippen LogP contribution < -0.4 is 5.32 Å². The van der Waals surface area contributed by atoms with E-state index in [1.807, 2.05) is 7.05 Å². The number of benzene rings is 1. The van der Waals surface area contributed by atoms with Crippen molar-refractivity contribution in [3.63, 3.8) is 0 Å². The molecular weight excluding hydrogens is 202 g/mol. The van der Waals surface area contributed by atoms with Crippen LogP contribution >= 0.6 is 12.6 Å². The molecule has 0 bridgehead atoms. The first-order valence-corrected chi connectivity index (χ1v) is 5.84. The Balaban J connectivity index is 3.09. The predicted molar refractivity (Wildman–Crippen MR) is 70.7 cm³/mol. The number of thiol groups is 1. The zero-order valence-corrected chi connectivity index (χ0v) is 11.2. The van der Waals surface area contributed by atoms with E-state index in [0.29, 0.717) is 0 Å². The zero-order valence-electron chi connectivity index (χ0n) is 10.3. The fourth-order valence-corrected chi connectivity index (χ4v) is 1.89. The van der Waals surface area contributed by atoms with Crippen LogP contribution in [-0.2, 0) is 5.41 Å². The fraction of sp³-hybridized carbons (Fsp3) is 0.538. The molecule has 1 aromatic carbocycles. The Hall–Kier alpha value is -0.470. The molecule has 0 radical (unpaired) electrons. The van der Waals surface area contributed by atoms with Gasteiger partial charge in [-0.1, -0.05) is 39.0 Å². The highest BCUT2D eigenvalue weighted by atomic mass is 32.1. The lowest BCUT2D eigenvalue weighted by atomic mass is 9.85. The maximum atomic E-state index is 4.48. The lowest BCUT2D eigenvalue weighted by Gasteiger charge is -2.22. The minimum Gasteiger partial charge on any atom is -0.305 e. The first-order valence-electron chi connectivity index (χ1n) is 5.32. The summed E-state index contributed by atoms with van der Waals surface area (Å²) >= 11 is 4.48. The molecule has 2 heteroatoms. The van der Waals surface area contributed by atoms with E-state index in [1.165, 1.54) is 16.7 Å². The van der Waals surface area contributed by atoms with Gasteiger partial charge in [-0.25, -0.2) is 0 Å². The lowest BCUT2D eigenvalue weighted by Crippen LogP contribution is -2.14. The van der Waals surface area contributed by atoms with E-state index in [1.54, 1.807) is 0 Å². The van der Waals surface area contributed by atoms with Gasteiger partial charge in [0.2, 0.25) is 0 Å². The van der Waals surface area contributed by atoms with E-state index < -0.39 is 0 Å². The monoisotopic (exact) mass is 223 g/mol. The topological polar surface area (TPSA) is 12.0 Å². The van der Waals surface area contributed by atoms with Gasteiger partial charge < -0.3 is 5.32 Å². The van der Waals surface area contributed by atoms with E-state index in [-0.39, 0.29) is 10.8 Å². The summed E-state index contributed by atoms with van der Waals surface area (Å²) in [7, 11) is 1.93. The van der Waals surface area contributed by atoms with E-state index in [9.17, 15) is 0 Å². The van der Waals surface area contributed by atoms with Crippen LogP contribution in [0.4, 0.5) is 0 Å². The third kappa shape index (κ3) is 2.99. The Morgan fingerprint density at radius 2 is 1.87 bits per heavy atom. The summed E-state index contributed by atoms with van der Waals surface area (Å²) in [5, 5.41) is 3.27. The number of rotatable bonds is 2. The quantitative estimate of drug-likeness (QED) is 0.578. The van der Waals surface area contributed by atoms with Crippen LogP contribution in [0.15, 0.2) is 18.2 Å². The van der Waals surface area contributed by atoms with Crippen molar-refractivity contribution in [1.29, 1.82) is 0 Å². The van der Waals surface area contributed by atoms with Gasteiger partial charge in [0, 0.05) is 0 Å². The molecule has 1 aromatic rings. The maximum absolute atomic E-state index is 4.48. The summed E-state index contributed by atoms with van der Waals surface area (Å²) in [5.41, 5.74) is 4.15. The zero-order chi connectivity index (χ0) is 11.6. The van der Waals surface area contributed by atoms with Crippen molar-refractivity contribution in [3.8, 4) is 0 Å². The highest BCUT2D eigenvalue weighted by molar-refractivity contribution is 7.80. The third-order valence-electron chi connectivity index (χ3n) is 2.70. The fourth-order valence-electron chi connectivity index (χ4n) is 1.60. The Labute approximate surface area is 98.7 Å². The SMILES string of the molecule is CNC(S)c1ccc(C(C)(C)C)cc1C. The Kier molecular flexibility index (Phi) is 3.85. The summed E-state index contributed by atoms with van der Waals surface area (Å²) in [4.78, 5) is 0. The summed E-state index contributed by atoms with van der Waals surface area (Å²) in [6.07, 6.45) is 0.